The van der Waals surface area contributed by atoms with Crippen molar-refractivity contribution in [3.8, 4) is 0 Å². The number of benzene rings is 2. The minimum atomic E-state index is -3.83. The number of sulfonamides is 1. The van der Waals surface area contributed by atoms with Crippen molar-refractivity contribution in [3.05, 3.63) is 94.9 Å². The molecule has 38 heavy (non-hydrogen) atoms. The van der Waals surface area contributed by atoms with Crippen LogP contribution in [0.1, 0.15) is 44.7 Å². The summed E-state index contributed by atoms with van der Waals surface area (Å²) >= 11 is 0. The molecule has 0 spiro atoms. The second kappa shape index (κ2) is 11.5. The van der Waals surface area contributed by atoms with Gasteiger partial charge in [-0.05, 0) is 48.6 Å². The molecule has 2 aromatic carbocycles. The monoisotopic (exact) mass is 534 g/mol. The number of nitrogens with zero attached hydrogens (tertiary/aromatic N) is 4. The van der Waals surface area contributed by atoms with Gasteiger partial charge in [0.05, 0.1) is 22.9 Å². The molecule has 0 aliphatic carbocycles. The highest BCUT2D eigenvalue weighted by Gasteiger charge is 2.31. The first kappa shape index (κ1) is 27.6. The highest BCUT2D eigenvalue weighted by molar-refractivity contribution is 7.89. The zero-order valence-electron chi connectivity index (χ0n) is 22.2. The number of pyridine rings is 1. The fourth-order valence-electron chi connectivity index (χ4n) is 4.60. The molecular formula is C29H34N4O4S. The molecule has 0 radical (unpaired) electrons. The Balaban J connectivity index is 1.45. The maximum absolute atomic E-state index is 13.5. The summed E-state index contributed by atoms with van der Waals surface area (Å²) in [5.74, 6) is -0.230. The summed E-state index contributed by atoms with van der Waals surface area (Å²) in [4.78, 5) is 26.3. The highest BCUT2D eigenvalue weighted by atomic mass is 32.2. The van der Waals surface area contributed by atoms with Crippen LogP contribution in [0.2, 0.25) is 0 Å². The van der Waals surface area contributed by atoms with Gasteiger partial charge in [0, 0.05) is 25.7 Å². The summed E-state index contributed by atoms with van der Waals surface area (Å²) in [7, 11) is -2.30. The lowest BCUT2D eigenvalue weighted by molar-refractivity contribution is -0.146. The lowest BCUT2D eigenvalue weighted by atomic mass is 10.0. The molecule has 0 bridgehead atoms. The molecule has 0 fully saturated rings. The zero-order chi connectivity index (χ0) is 27.3. The van der Waals surface area contributed by atoms with Crippen molar-refractivity contribution in [2.45, 2.75) is 63.2 Å². The van der Waals surface area contributed by atoms with Crippen LogP contribution in [0.5, 0.6) is 0 Å². The Labute approximate surface area is 224 Å². The molecule has 2 atom stereocenters. The van der Waals surface area contributed by atoms with Crippen molar-refractivity contribution < 1.29 is 17.9 Å². The van der Waals surface area contributed by atoms with E-state index in [4.69, 9.17) is 14.7 Å². The number of hydrogen-bond acceptors (Lipinski definition) is 7. The predicted octanol–water partition coefficient (Wildman–Crippen LogP) is 3.46. The summed E-state index contributed by atoms with van der Waals surface area (Å²) < 4.78 is 33.8. The minimum absolute atomic E-state index is 0.0182. The van der Waals surface area contributed by atoms with Crippen molar-refractivity contribution in [1.29, 1.82) is 0 Å². The third-order valence-corrected chi connectivity index (χ3v) is 8.47. The van der Waals surface area contributed by atoms with E-state index in [9.17, 15) is 13.2 Å². The average Bonchev–Trinajstić information content (AvgIpc) is 3.23. The van der Waals surface area contributed by atoms with Crippen LogP contribution in [0.4, 0.5) is 0 Å². The normalized spacial score (nSPS) is 17.5. The second-order valence-electron chi connectivity index (χ2n) is 10.3. The van der Waals surface area contributed by atoms with Crippen LogP contribution in [-0.2, 0) is 32.6 Å². The first-order valence-electron chi connectivity index (χ1n) is 12.7. The number of hydrogen-bond donors (Lipinski definition) is 0. The Morgan fingerprint density at radius 3 is 2.32 bits per heavy atom. The number of rotatable bonds is 11. The van der Waals surface area contributed by atoms with E-state index in [-0.39, 0.29) is 23.8 Å². The van der Waals surface area contributed by atoms with Crippen LogP contribution in [-0.4, -0.2) is 42.4 Å². The molecule has 2 heterocycles. The van der Waals surface area contributed by atoms with E-state index < -0.39 is 27.7 Å². The molecule has 3 aromatic rings. The Morgan fingerprint density at radius 1 is 0.974 bits per heavy atom. The van der Waals surface area contributed by atoms with Crippen LogP contribution in [0.15, 0.2) is 87.9 Å². The lowest BCUT2D eigenvalue weighted by Crippen LogP contribution is -2.39. The second-order valence-corrected chi connectivity index (χ2v) is 12.3. The minimum Gasteiger partial charge on any atom is -0.461 e. The number of fused-ring (bicyclic) bond motifs is 1. The number of carbonyl (C=O) groups excluding carboxylic acids is 1. The van der Waals surface area contributed by atoms with Gasteiger partial charge in [0.25, 0.3) is 0 Å². The number of ether oxygens (including phenoxy) is 1. The van der Waals surface area contributed by atoms with Gasteiger partial charge in [-0.15, -0.1) is 0 Å². The first-order chi connectivity index (χ1) is 18.1. The molecule has 9 heteroatoms. The van der Waals surface area contributed by atoms with Gasteiger partial charge in [0.2, 0.25) is 10.0 Å². The fourth-order valence-corrected chi connectivity index (χ4v) is 5.97. The Morgan fingerprint density at radius 2 is 1.66 bits per heavy atom. The Hall–Kier alpha value is -3.43. The Kier molecular flexibility index (Phi) is 8.38. The summed E-state index contributed by atoms with van der Waals surface area (Å²) in [5.41, 5.74) is 1.14. The average molecular weight is 535 g/mol. The maximum atomic E-state index is 13.5. The van der Waals surface area contributed by atoms with Gasteiger partial charge in [-0.3, -0.25) is 19.8 Å². The summed E-state index contributed by atoms with van der Waals surface area (Å²) in [6, 6.07) is 17.5. The van der Waals surface area contributed by atoms with E-state index in [1.165, 1.54) is 11.4 Å². The fraction of sp³-hybridized carbons (Fsp3) is 0.379. The van der Waals surface area contributed by atoms with Gasteiger partial charge in [-0.2, -0.15) is 4.31 Å². The molecule has 0 saturated heterocycles. The first-order valence-corrected chi connectivity index (χ1v) is 14.2. The SMILES string of the molecule is CC(C)CC(CC(=O)OCc1ccccc1)N(C)S(=O)(=O)c1ccc(CC2(C)N=c3ccncc3=N2)cc1. The van der Waals surface area contributed by atoms with E-state index in [0.717, 1.165) is 21.8 Å². The van der Waals surface area contributed by atoms with Crippen molar-refractivity contribution in [2.75, 3.05) is 7.05 Å². The lowest BCUT2D eigenvalue weighted by Gasteiger charge is -2.28. The van der Waals surface area contributed by atoms with Gasteiger partial charge >= 0.3 is 5.97 Å². The molecule has 1 aliphatic heterocycles. The predicted molar refractivity (Wildman–Crippen MR) is 144 cm³/mol. The highest BCUT2D eigenvalue weighted by Crippen LogP contribution is 2.25. The van der Waals surface area contributed by atoms with Crippen LogP contribution in [0, 0.1) is 5.92 Å². The van der Waals surface area contributed by atoms with Gasteiger partial charge in [0.15, 0.2) is 5.66 Å². The molecule has 8 nitrogen and oxygen atoms in total. The smallest absolute Gasteiger partial charge is 0.307 e. The number of esters is 1. The number of aromatic nitrogens is 1. The van der Waals surface area contributed by atoms with Gasteiger partial charge in [-0.1, -0.05) is 56.3 Å². The van der Waals surface area contributed by atoms with Gasteiger partial charge in [0.1, 0.15) is 12.0 Å². The van der Waals surface area contributed by atoms with E-state index in [2.05, 4.69) is 4.98 Å². The van der Waals surface area contributed by atoms with E-state index >= 15 is 0 Å². The topological polar surface area (TPSA) is 101 Å². The third-order valence-electron chi connectivity index (χ3n) is 6.54. The molecule has 4 rings (SSSR count). The van der Waals surface area contributed by atoms with E-state index in [0.29, 0.717) is 12.8 Å². The van der Waals surface area contributed by atoms with Crippen molar-refractivity contribution in [1.82, 2.24) is 9.29 Å². The molecule has 1 aromatic heterocycles. The number of carbonyl (C=O) groups is 1. The van der Waals surface area contributed by atoms with Crippen LogP contribution in [0.3, 0.4) is 0 Å². The largest absolute Gasteiger partial charge is 0.461 e. The van der Waals surface area contributed by atoms with Crippen LogP contribution in [0.25, 0.3) is 0 Å². The summed E-state index contributed by atoms with van der Waals surface area (Å²) in [6.07, 6.45) is 4.43. The van der Waals surface area contributed by atoms with Crippen molar-refractivity contribution >= 4 is 16.0 Å². The summed E-state index contributed by atoms with van der Waals surface area (Å²) in [5, 5.41) is 1.57. The quantitative estimate of drug-likeness (QED) is 0.351. The molecule has 0 N–H and O–H groups in total. The third kappa shape index (κ3) is 6.71. The van der Waals surface area contributed by atoms with E-state index in [1.807, 2.05) is 57.2 Å². The molecular weight excluding hydrogens is 500 g/mol. The summed E-state index contributed by atoms with van der Waals surface area (Å²) in [6.45, 7) is 6.11. The van der Waals surface area contributed by atoms with Crippen LogP contribution >= 0.6 is 0 Å². The standard InChI is InChI=1S/C29H34N4O4S/c1-21(2)16-24(17-28(34)37-20-23-8-6-5-7-9-23)33(4)38(35,36)25-12-10-22(11-13-25)18-29(3)31-26-14-15-30-19-27(26)32-29/h5-15,19,21,24H,16-18,20H2,1-4H3. The Bertz CT molecular complexity index is 1450. The molecule has 200 valence electrons. The zero-order valence-corrected chi connectivity index (χ0v) is 23.1. The molecule has 2 unspecified atom stereocenters. The molecule has 0 amide bonds. The van der Waals surface area contributed by atoms with Crippen molar-refractivity contribution in [2.24, 2.45) is 15.9 Å². The van der Waals surface area contributed by atoms with Crippen molar-refractivity contribution in [3.63, 3.8) is 0 Å². The van der Waals surface area contributed by atoms with Crippen LogP contribution < -0.4 is 10.7 Å². The van der Waals surface area contributed by atoms with E-state index in [1.54, 1.807) is 36.7 Å². The van der Waals surface area contributed by atoms with Gasteiger partial charge < -0.3 is 4.74 Å². The molecule has 0 saturated carbocycles. The van der Waals surface area contributed by atoms with Gasteiger partial charge in [-0.25, -0.2) is 8.42 Å². The molecule has 1 aliphatic rings. The maximum Gasteiger partial charge on any atom is 0.307 e.